The first kappa shape index (κ1) is 17.1. The molecule has 0 spiro atoms. The first-order valence-electron chi connectivity index (χ1n) is 8.81. The van der Waals surface area contributed by atoms with Gasteiger partial charge in [0.25, 0.3) is 5.88 Å². The summed E-state index contributed by atoms with van der Waals surface area (Å²) in [5.41, 5.74) is 1.39. The molecule has 0 amide bonds. The van der Waals surface area contributed by atoms with Crippen molar-refractivity contribution in [3.63, 3.8) is 0 Å². The van der Waals surface area contributed by atoms with Gasteiger partial charge in [0, 0.05) is 13.1 Å². The highest BCUT2D eigenvalue weighted by Gasteiger charge is 2.23. The van der Waals surface area contributed by atoms with E-state index in [1.165, 1.54) is 6.33 Å². The van der Waals surface area contributed by atoms with E-state index in [0.29, 0.717) is 24.6 Å². The van der Waals surface area contributed by atoms with Crippen LogP contribution in [0.5, 0.6) is 5.88 Å². The minimum absolute atomic E-state index is 0.0652. The third kappa shape index (κ3) is 3.33. The van der Waals surface area contributed by atoms with Gasteiger partial charge in [-0.15, -0.1) is 11.3 Å². The zero-order valence-corrected chi connectivity index (χ0v) is 15.4. The quantitative estimate of drug-likeness (QED) is 0.682. The molecular weight excluding hydrogens is 353 g/mol. The Bertz CT molecular complexity index is 894. The van der Waals surface area contributed by atoms with E-state index in [1.54, 1.807) is 17.7 Å². The molecule has 136 valence electrons. The van der Waals surface area contributed by atoms with Crippen LogP contribution in [-0.4, -0.2) is 39.6 Å². The smallest absolute Gasteiger partial charge is 0.253 e. The van der Waals surface area contributed by atoms with Crippen LogP contribution in [0.3, 0.4) is 0 Å². The van der Waals surface area contributed by atoms with Crippen molar-refractivity contribution in [1.29, 1.82) is 0 Å². The number of hydrogen-bond acceptors (Lipinski definition) is 7. The van der Waals surface area contributed by atoms with Crippen LogP contribution in [0.15, 0.2) is 24.1 Å². The summed E-state index contributed by atoms with van der Waals surface area (Å²) in [6.45, 7) is 4.15. The van der Waals surface area contributed by atoms with Crippen LogP contribution in [0.4, 0.5) is 10.2 Å². The van der Waals surface area contributed by atoms with Crippen molar-refractivity contribution in [2.75, 3.05) is 24.6 Å². The highest BCUT2D eigenvalue weighted by atomic mass is 32.1. The van der Waals surface area contributed by atoms with Crippen molar-refractivity contribution in [2.24, 2.45) is 5.92 Å². The van der Waals surface area contributed by atoms with Crippen LogP contribution in [0.1, 0.15) is 25.5 Å². The molecule has 26 heavy (non-hydrogen) atoms. The van der Waals surface area contributed by atoms with E-state index in [0.717, 1.165) is 42.0 Å². The molecule has 6 nitrogen and oxygen atoms in total. The third-order valence-corrected chi connectivity index (χ3v) is 5.66. The van der Waals surface area contributed by atoms with Crippen LogP contribution in [-0.2, 0) is 6.42 Å². The van der Waals surface area contributed by atoms with Gasteiger partial charge in [0.15, 0.2) is 0 Å². The topological polar surface area (TPSA) is 64.0 Å². The van der Waals surface area contributed by atoms with Gasteiger partial charge in [-0.1, -0.05) is 6.92 Å². The Kier molecular flexibility index (Phi) is 4.92. The fourth-order valence-corrected chi connectivity index (χ4v) is 4.11. The third-order valence-electron chi connectivity index (χ3n) is 4.76. The Morgan fingerprint density at radius 1 is 1.19 bits per heavy atom. The molecule has 1 aliphatic rings. The Hall–Kier alpha value is -2.35. The number of rotatable bonds is 5. The molecule has 0 N–H and O–H groups in total. The molecule has 3 aromatic rings. The van der Waals surface area contributed by atoms with E-state index >= 15 is 0 Å². The fourth-order valence-electron chi connectivity index (χ4n) is 3.24. The van der Waals surface area contributed by atoms with E-state index in [4.69, 9.17) is 4.74 Å². The Labute approximate surface area is 155 Å². The second-order valence-corrected chi connectivity index (χ2v) is 7.28. The van der Waals surface area contributed by atoms with Gasteiger partial charge in [-0.3, -0.25) is 0 Å². The molecule has 0 unspecified atom stereocenters. The van der Waals surface area contributed by atoms with Gasteiger partial charge in [-0.05, 0) is 36.6 Å². The van der Waals surface area contributed by atoms with Crippen LogP contribution in [0, 0.1) is 11.7 Å². The second-order valence-electron chi connectivity index (χ2n) is 6.37. The average molecular weight is 373 g/mol. The maximum absolute atomic E-state index is 14.2. The molecule has 0 bridgehead atoms. The maximum atomic E-state index is 14.2. The van der Waals surface area contributed by atoms with Gasteiger partial charge in [-0.25, -0.2) is 15.0 Å². The molecule has 4 rings (SSSR count). The summed E-state index contributed by atoms with van der Waals surface area (Å²) in [4.78, 5) is 18.9. The average Bonchev–Trinajstić information content (AvgIpc) is 3.16. The molecule has 1 fully saturated rings. The summed E-state index contributed by atoms with van der Waals surface area (Å²) < 4.78 is 20.9. The van der Waals surface area contributed by atoms with Crippen molar-refractivity contribution >= 4 is 27.4 Å². The van der Waals surface area contributed by atoms with Gasteiger partial charge in [-0.2, -0.15) is 9.37 Å². The van der Waals surface area contributed by atoms with Gasteiger partial charge >= 0.3 is 0 Å². The zero-order chi connectivity index (χ0) is 17.9. The molecule has 8 heteroatoms. The van der Waals surface area contributed by atoms with Crippen LogP contribution in [0.25, 0.3) is 10.2 Å². The largest absolute Gasteiger partial charge is 0.475 e. The lowest BCUT2D eigenvalue weighted by Gasteiger charge is -2.32. The number of fused-ring (bicyclic) bond motifs is 1. The summed E-state index contributed by atoms with van der Waals surface area (Å²) >= 11 is 1.67. The van der Waals surface area contributed by atoms with Crippen LogP contribution in [0.2, 0.25) is 0 Å². The summed E-state index contributed by atoms with van der Waals surface area (Å²) in [7, 11) is 0. The lowest BCUT2D eigenvalue weighted by Crippen LogP contribution is -2.36. The number of hydrogen-bond donors (Lipinski definition) is 0. The Morgan fingerprint density at radius 2 is 2.00 bits per heavy atom. The molecule has 1 aliphatic heterocycles. The summed E-state index contributed by atoms with van der Waals surface area (Å²) in [6.07, 6.45) is 5.47. The predicted octanol–water partition coefficient (Wildman–Crippen LogP) is 3.48. The van der Waals surface area contributed by atoms with Gasteiger partial charge < -0.3 is 9.64 Å². The molecule has 0 saturated carbocycles. The van der Waals surface area contributed by atoms with Crippen molar-refractivity contribution in [1.82, 2.24) is 19.9 Å². The Balaban J connectivity index is 1.36. The molecule has 3 aromatic heterocycles. The lowest BCUT2D eigenvalue weighted by atomic mass is 9.98. The molecule has 4 heterocycles. The summed E-state index contributed by atoms with van der Waals surface area (Å²) in [5.74, 6) is 1.02. The minimum atomic E-state index is -0.437. The van der Waals surface area contributed by atoms with E-state index < -0.39 is 5.82 Å². The molecule has 0 atom stereocenters. The SMILES string of the molecule is CCc1ncnc(OCC2CCN(c3ncnc4ccsc34)CC2)c1F. The van der Waals surface area contributed by atoms with Crippen molar-refractivity contribution in [3.8, 4) is 5.88 Å². The number of aromatic nitrogens is 4. The molecule has 1 saturated heterocycles. The number of aryl methyl sites for hydroxylation is 1. The summed E-state index contributed by atoms with van der Waals surface area (Å²) in [6, 6.07) is 2.02. The first-order valence-corrected chi connectivity index (χ1v) is 9.69. The Morgan fingerprint density at radius 3 is 2.81 bits per heavy atom. The molecule has 0 aromatic carbocycles. The number of nitrogens with zero attached hydrogens (tertiary/aromatic N) is 5. The van der Waals surface area contributed by atoms with E-state index in [2.05, 4.69) is 24.8 Å². The zero-order valence-electron chi connectivity index (χ0n) is 14.6. The van der Waals surface area contributed by atoms with Gasteiger partial charge in [0.05, 0.1) is 22.5 Å². The monoisotopic (exact) mass is 373 g/mol. The fraction of sp³-hybridized carbons (Fsp3) is 0.444. The van der Waals surface area contributed by atoms with Crippen molar-refractivity contribution in [3.05, 3.63) is 35.6 Å². The second kappa shape index (κ2) is 7.49. The first-order chi connectivity index (χ1) is 12.8. The molecule has 0 aliphatic carbocycles. The highest BCUT2D eigenvalue weighted by Crippen LogP contribution is 2.31. The van der Waals surface area contributed by atoms with E-state index in [1.807, 2.05) is 18.4 Å². The maximum Gasteiger partial charge on any atom is 0.253 e. The molecule has 0 radical (unpaired) electrons. The minimum Gasteiger partial charge on any atom is -0.475 e. The van der Waals surface area contributed by atoms with Crippen LogP contribution < -0.4 is 9.64 Å². The van der Waals surface area contributed by atoms with Crippen molar-refractivity contribution < 1.29 is 9.13 Å². The number of halogens is 1. The van der Waals surface area contributed by atoms with E-state index in [9.17, 15) is 4.39 Å². The summed E-state index contributed by atoms with van der Waals surface area (Å²) in [5, 5.41) is 2.05. The van der Waals surface area contributed by atoms with Gasteiger partial charge in [0.1, 0.15) is 18.5 Å². The van der Waals surface area contributed by atoms with Gasteiger partial charge in [0.2, 0.25) is 5.82 Å². The van der Waals surface area contributed by atoms with E-state index in [-0.39, 0.29) is 5.88 Å². The number of thiophene rings is 1. The predicted molar refractivity (Wildman–Crippen MR) is 99.2 cm³/mol. The lowest BCUT2D eigenvalue weighted by molar-refractivity contribution is 0.206. The molecular formula is C18H20FN5OS. The number of ether oxygens (including phenoxy) is 1. The van der Waals surface area contributed by atoms with Crippen LogP contribution >= 0.6 is 11.3 Å². The normalized spacial score (nSPS) is 15.5. The standard InChI is InChI=1S/C18H20FN5OS/c1-2-13-15(19)18(23-11-20-13)25-9-12-3-6-24(7-4-12)17-16-14(5-8-26-16)21-10-22-17/h5,8,10-12H,2-4,6-7,9H2,1H3. The number of anilines is 1. The van der Waals surface area contributed by atoms with Crippen molar-refractivity contribution in [2.45, 2.75) is 26.2 Å². The number of piperidine rings is 1. The highest BCUT2D eigenvalue weighted by molar-refractivity contribution is 7.17.